The Morgan fingerprint density at radius 3 is 2.61 bits per heavy atom. The van der Waals surface area contributed by atoms with Crippen molar-refractivity contribution in [3.8, 4) is 0 Å². The lowest BCUT2D eigenvalue weighted by atomic mass is 10.3. The van der Waals surface area contributed by atoms with E-state index in [-0.39, 0.29) is 6.04 Å². The second kappa shape index (κ2) is 5.77. The predicted molar refractivity (Wildman–Crippen MR) is 65.5 cm³/mol. The Balaban J connectivity index is 2.67. The van der Waals surface area contributed by atoms with Crippen molar-refractivity contribution in [2.45, 2.75) is 32.5 Å². The third-order valence-electron chi connectivity index (χ3n) is 2.30. The smallest absolute Gasteiger partial charge is 0.350 e. The first-order chi connectivity index (χ1) is 8.20. The van der Waals surface area contributed by atoms with Crippen molar-refractivity contribution >= 4 is 21.8 Å². The second-order valence-corrected chi connectivity index (χ2v) is 5.08. The van der Waals surface area contributed by atoms with Crippen LogP contribution >= 0.6 is 15.9 Å². The van der Waals surface area contributed by atoms with Gasteiger partial charge in [-0.25, -0.2) is 0 Å². The molecule has 3 nitrogen and oxygen atoms in total. The number of hydrogen-bond acceptors (Lipinski definition) is 1. The maximum absolute atomic E-state index is 12.0. The van der Waals surface area contributed by atoms with E-state index in [1.54, 1.807) is 16.8 Å². The lowest BCUT2D eigenvalue weighted by Gasteiger charge is -2.13. The molecule has 0 unspecified atom stereocenters. The maximum atomic E-state index is 12.0. The highest BCUT2D eigenvalue weighted by Crippen LogP contribution is 2.20. The quantitative estimate of drug-likeness (QED) is 0.902. The highest BCUT2D eigenvalue weighted by molar-refractivity contribution is 9.10. The first-order valence-corrected chi connectivity index (χ1v) is 6.22. The van der Waals surface area contributed by atoms with E-state index in [1.165, 1.54) is 0 Å². The molecule has 0 saturated heterocycles. The summed E-state index contributed by atoms with van der Waals surface area (Å²) in [7, 11) is 0. The van der Waals surface area contributed by atoms with Gasteiger partial charge >= 0.3 is 6.18 Å². The number of carbonyl (C=O) groups excluding carboxylic acids is 1. The Labute approximate surface area is 111 Å². The fourth-order valence-electron chi connectivity index (χ4n) is 1.46. The zero-order valence-corrected chi connectivity index (χ0v) is 11.6. The average Bonchev–Trinajstić information content (AvgIpc) is 2.58. The summed E-state index contributed by atoms with van der Waals surface area (Å²) in [5.74, 6) is -0.501. The molecule has 1 heterocycles. The number of nitrogens with one attached hydrogen (secondary N) is 1. The van der Waals surface area contributed by atoms with Crippen LogP contribution in [0.3, 0.4) is 0 Å². The van der Waals surface area contributed by atoms with Gasteiger partial charge in [-0.15, -0.1) is 0 Å². The molecule has 0 aliphatic heterocycles. The molecule has 0 aliphatic rings. The van der Waals surface area contributed by atoms with Crippen LogP contribution in [-0.4, -0.2) is 23.2 Å². The molecule has 0 bridgehead atoms. The van der Waals surface area contributed by atoms with Crippen molar-refractivity contribution in [3.63, 3.8) is 0 Å². The maximum Gasteiger partial charge on any atom is 0.390 e. The summed E-state index contributed by atoms with van der Waals surface area (Å²) < 4.78 is 38.3. The molecule has 0 atom stereocenters. The van der Waals surface area contributed by atoms with Gasteiger partial charge in [0.2, 0.25) is 0 Å². The van der Waals surface area contributed by atoms with Crippen molar-refractivity contribution in [2.75, 3.05) is 6.54 Å². The van der Waals surface area contributed by atoms with Crippen LogP contribution in [0, 0.1) is 0 Å². The van der Waals surface area contributed by atoms with Gasteiger partial charge in [-0.3, -0.25) is 4.79 Å². The number of alkyl halides is 3. The molecule has 1 aromatic heterocycles. The minimum absolute atomic E-state index is 0.0552. The Bertz CT molecular complexity index is 426. The highest BCUT2D eigenvalue weighted by Gasteiger charge is 2.27. The molecule has 1 N–H and O–H groups in total. The fourth-order valence-corrected chi connectivity index (χ4v) is 1.90. The normalized spacial score (nSPS) is 11.9. The van der Waals surface area contributed by atoms with E-state index >= 15 is 0 Å². The third kappa shape index (κ3) is 4.36. The number of aromatic nitrogens is 1. The molecular formula is C11H14BrF3N2O. The fraction of sp³-hybridized carbons (Fsp3) is 0.545. The molecule has 18 heavy (non-hydrogen) atoms. The first-order valence-electron chi connectivity index (χ1n) is 5.43. The molecule has 1 rings (SSSR count). The summed E-state index contributed by atoms with van der Waals surface area (Å²) in [5.41, 5.74) is 0.346. The van der Waals surface area contributed by atoms with E-state index in [0.29, 0.717) is 5.69 Å². The van der Waals surface area contributed by atoms with E-state index in [4.69, 9.17) is 0 Å². The topological polar surface area (TPSA) is 34.0 Å². The standard InChI is InChI=1S/C11H14BrF3N2O/c1-7(2)17-6-8(12)5-9(17)10(18)16-4-3-11(13,14)15/h5-7H,3-4H2,1-2H3,(H,16,18). The molecule has 0 fully saturated rings. The lowest BCUT2D eigenvalue weighted by Crippen LogP contribution is -2.29. The predicted octanol–water partition coefficient (Wildman–Crippen LogP) is 3.51. The van der Waals surface area contributed by atoms with E-state index in [0.717, 1.165) is 4.47 Å². The van der Waals surface area contributed by atoms with Crippen LogP contribution in [0.15, 0.2) is 16.7 Å². The molecule has 1 amide bonds. The minimum Gasteiger partial charge on any atom is -0.350 e. The molecule has 0 aromatic carbocycles. The number of hydrogen-bond donors (Lipinski definition) is 1. The van der Waals surface area contributed by atoms with Crippen LogP contribution in [0.1, 0.15) is 36.8 Å². The van der Waals surface area contributed by atoms with Gasteiger partial charge in [0.15, 0.2) is 0 Å². The van der Waals surface area contributed by atoms with E-state index in [1.807, 2.05) is 13.8 Å². The van der Waals surface area contributed by atoms with Crippen LogP contribution in [-0.2, 0) is 0 Å². The Hall–Kier alpha value is -0.980. The molecule has 7 heteroatoms. The summed E-state index contributed by atoms with van der Waals surface area (Å²) in [4.78, 5) is 11.7. The van der Waals surface area contributed by atoms with Gasteiger partial charge in [-0.05, 0) is 35.8 Å². The Morgan fingerprint density at radius 1 is 1.50 bits per heavy atom. The van der Waals surface area contributed by atoms with Gasteiger partial charge in [0.25, 0.3) is 5.91 Å². The van der Waals surface area contributed by atoms with Gasteiger partial charge in [0, 0.05) is 23.3 Å². The van der Waals surface area contributed by atoms with Crippen LogP contribution in [0.4, 0.5) is 13.2 Å². The van der Waals surface area contributed by atoms with Gasteiger partial charge in [-0.1, -0.05) is 0 Å². The zero-order valence-electron chi connectivity index (χ0n) is 10.0. The number of rotatable bonds is 4. The summed E-state index contributed by atoms with van der Waals surface area (Å²) in [6.07, 6.45) is -3.56. The minimum atomic E-state index is -4.26. The highest BCUT2D eigenvalue weighted by atomic mass is 79.9. The molecule has 1 aromatic rings. The van der Waals surface area contributed by atoms with Gasteiger partial charge in [-0.2, -0.15) is 13.2 Å². The van der Waals surface area contributed by atoms with Crippen LogP contribution < -0.4 is 5.32 Å². The number of carbonyl (C=O) groups is 1. The number of nitrogens with zero attached hydrogens (tertiary/aromatic N) is 1. The van der Waals surface area contributed by atoms with Crippen molar-refractivity contribution < 1.29 is 18.0 Å². The lowest BCUT2D eigenvalue weighted by molar-refractivity contribution is -0.132. The van der Waals surface area contributed by atoms with E-state index in [9.17, 15) is 18.0 Å². The number of halogens is 4. The van der Waals surface area contributed by atoms with Gasteiger partial charge < -0.3 is 9.88 Å². The summed E-state index contributed by atoms with van der Waals surface area (Å²) in [5, 5.41) is 2.26. The average molecular weight is 327 g/mol. The van der Waals surface area contributed by atoms with Gasteiger partial charge in [0.1, 0.15) is 5.69 Å². The van der Waals surface area contributed by atoms with E-state index < -0.39 is 25.0 Å². The molecule has 0 aliphatic carbocycles. The molecular weight excluding hydrogens is 313 g/mol. The summed E-state index contributed by atoms with van der Waals surface area (Å²) >= 11 is 3.24. The monoisotopic (exact) mass is 326 g/mol. The first kappa shape index (κ1) is 15.1. The van der Waals surface area contributed by atoms with Crippen molar-refractivity contribution in [3.05, 3.63) is 22.4 Å². The SMILES string of the molecule is CC(C)n1cc(Br)cc1C(=O)NCCC(F)(F)F. The molecule has 0 saturated carbocycles. The van der Waals surface area contributed by atoms with Crippen molar-refractivity contribution in [1.82, 2.24) is 9.88 Å². The van der Waals surface area contributed by atoms with Crippen molar-refractivity contribution in [2.24, 2.45) is 0 Å². The van der Waals surface area contributed by atoms with Crippen LogP contribution in [0.2, 0.25) is 0 Å². The molecule has 102 valence electrons. The van der Waals surface area contributed by atoms with Crippen LogP contribution in [0.25, 0.3) is 0 Å². The zero-order chi connectivity index (χ0) is 13.9. The largest absolute Gasteiger partial charge is 0.390 e. The van der Waals surface area contributed by atoms with E-state index in [2.05, 4.69) is 21.2 Å². The molecule has 0 spiro atoms. The number of amides is 1. The summed E-state index contributed by atoms with van der Waals surface area (Å²) in [6.45, 7) is 3.36. The second-order valence-electron chi connectivity index (χ2n) is 4.17. The van der Waals surface area contributed by atoms with Gasteiger partial charge in [0.05, 0.1) is 6.42 Å². The molecule has 0 radical (unpaired) electrons. The summed E-state index contributed by atoms with van der Waals surface area (Å²) in [6, 6.07) is 1.64. The Morgan fingerprint density at radius 2 is 2.11 bits per heavy atom. The Kier molecular flexibility index (Phi) is 4.84. The van der Waals surface area contributed by atoms with Crippen molar-refractivity contribution in [1.29, 1.82) is 0 Å². The van der Waals surface area contributed by atoms with Crippen LogP contribution in [0.5, 0.6) is 0 Å². The third-order valence-corrected chi connectivity index (χ3v) is 2.73.